The molecule has 3 atom stereocenters. The zero-order valence-electron chi connectivity index (χ0n) is 22.4. The molecule has 1 aliphatic heterocycles. The minimum absolute atomic E-state index is 0.108. The normalized spacial score (nSPS) is 25.5. The van der Waals surface area contributed by atoms with Gasteiger partial charge < -0.3 is 19.9 Å². The molecular weight excluding hydrogens is 501 g/mol. The van der Waals surface area contributed by atoms with E-state index in [0.717, 1.165) is 17.8 Å². The number of nitrogens with two attached hydrogens (primary N) is 1. The molecule has 2 aliphatic rings. The number of benzene rings is 1. The van der Waals surface area contributed by atoms with Crippen molar-refractivity contribution in [2.45, 2.75) is 75.7 Å². The summed E-state index contributed by atoms with van der Waals surface area (Å²) < 4.78 is 30.8. The first kappa shape index (κ1) is 28.5. The Bertz CT molecular complexity index is 1060. The Hall–Kier alpha value is -2.11. The zero-order valence-corrected chi connectivity index (χ0v) is 24.3. The van der Waals surface area contributed by atoms with Crippen molar-refractivity contribution in [2.24, 2.45) is 10.9 Å². The van der Waals surface area contributed by atoms with Gasteiger partial charge in [0.15, 0.2) is 5.17 Å². The molecule has 3 rings (SSSR count). The number of methoxy groups -OCH3 is 1. The first-order valence-corrected chi connectivity index (χ1v) is 16.6. The second-order valence-corrected chi connectivity index (χ2v) is 18.7. The van der Waals surface area contributed by atoms with Crippen molar-refractivity contribution in [3.8, 4) is 0 Å². The lowest BCUT2D eigenvalue weighted by Crippen LogP contribution is -2.47. The van der Waals surface area contributed by atoms with Crippen molar-refractivity contribution in [2.75, 3.05) is 26.2 Å². The highest BCUT2D eigenvalue weighted by atomic mass is 32.2. The number of aliphatic imine (C=N–C) groups is 1. The first-order valence-electron chi connectivity index (χ1n) is 12.0. The maximum Gasteiger partial charge on any atom is 0.418 e. The third kappa shape index (κ3) is 6.05. The monoisotopic (exact) mass is 539 g/mol. The smallest absolute Gasteiger partial charge is 0.418 e. The number of carbonyl (C=O) groups is 2. The Morgan fingerprint density at radius 2 is 1.97 bits per heavy atom. The maximum absolute atomic E-state index is 15.1. The summed E-state index contributed by atoms with van der Waals surface area (Å²) in [5.41, 5.74) is 4.71. The summed E-state index contributed by atoms with van der Waals surface area (Å²) in [6.07, 6.45) is -0.239. The number of anilines is 1. The summed E-state index contributed by atoms with van der Waals surface area (Å²) in [6, 6.07) is 5.22. The van der Waals surface area contributed by atoms with E-state index in [9.17, 15) is 9.59 Å². The van der Waals surface area contributed by atoms with Gasteiger partial charge in [0.2, 0.25) is 0 Å². The molecule has 1 amide bonds. The standard InChI is InChI=1S/C25H38FN3O5SSi/c1-23(2,3)34-22(31)29(15-33-11-12-36(6,7)8)21-28-24(4,17-13-16(27)9-10-18(17)26)19-14-25(19,35-21)20(30)32-5/h9-10,13,19H,11-12,14-15,27H2,1-8H3. The van der Waals surface area contributed by atoms with Gasteiger partial charge in [-0.15, -0.1) is 0 Å². The SMILES string of the molecule is COC(=O)C12CC1C(C)(c1cc(N)ccc1F)N=C(N(COCC[Si](C)(C)C)C(=O)OC(C)(C)C)S2. The molecule has 0 aromatic heterocycles. The van der Waals surface area contributed by atoms with Crippen molar-refractivity contribution < 1.29 is 28.2 Å². The van der Waals surface area contributed by atoms with E-state index in [2.05, 4.69) is 19.6 Å². The van der Waals surface area contributed by atoms with Crippen molar-refractivity contribution in [3.63, 3.8) is 0 Å². The molecular formula is C25H38FN3O5SSi. The Morgan fingerprint density at radius 1 is 1.31 bits per heavy atom. The number of nitrogen functional groups attached to an aromatic ring is 1. The van der Waals surface area contributed by atoms with Gasteiger partial charge >= 0.3 is 12.1 Å². The van der Waals surface area contributed by atoms with Crippen molar-refractivity contribution in [3.05, 3.63) is 29.6 Å². The van der Waals surface area contributed by atoms with E-state index in [0.29, 0.717) is 18.7 Å². The molecule has 1 aromatic carbocycles. The van der Waals surface area contributed by atoms with Gasteiger partial charge in [0.1, 0.15) is 22.9 Å². The molecule has 1 fully saturated rings. The van der Waals surface area contributed by atoms with Crippen LogP contribution in [0.15, 0.2) is 23.2 Å². The van der Waals surface area contributed by atoms with E-state index >= 15 is 4.39 Å². The highest BCUT2D eigenvalue weighted by Crippen LogP contribution is 2.67. The fourth-order valence-corrected chi connectivity index (χ4v) is 6.59. The summed E-state index contributed by atoms with van der Waals surface area (Å²) in [5.74, 6) is -1.26. The Kier molecular flexibility index (Phi) is 7.89. The summed E-state index contributed by atoms with van der Waals surface area (Å²) in [6.45, 7) is 14.1. The average Bonchev–Trinajstić information content (AvgIpc) is 3.49. The maximum atomic E-state index is 15.1. The summed E-state index contributed by atoms with van der Waals surface area (Å²) in [7, 11) is -0.0376. The van der Waals surface area contributed by atoms with Crippen LogP contribution in [0.25, 0.3) is 0 Å². The number of nitrogens with zero attached hydrogens (tertiary/aromatic N) is 2. The topological polar surface area (TPSA) is 103 Å². The number of hydrogen-bond donors (Lipinski definition) is 1. The van der Waals surface area contributed by atoms with Crippen molar-refractivity contribution in [1.29, 1.82) is 0 Å². The molecule has 3 unspecified atom stereocenters. The summed E-state index contributed by atoms with van der Waals surface area (Å²) >= 11 is 1.15. The minimum atomic E-state index is -1.36. The van der Waals surface area contributed by atoms with Crippen LogP contribution < -0.4 is 5.73 Å². The molecule has 2 N–H and O–H groups in total. The lowest BCUT2D eigenvalue weighted by molar-refractivity contribution is -0.141. The van der Waals surface area contributed by atoms with Gasteiger partial charge in [0.25, 0.3) is 0 Å². The molecule has 11 heteroatoms. The van der Waals surface area contributed by atoms with Crippen LogP contribution in [0.1, 0.15) is 39.7 Å². The molecule has 8 nitrogen and oxygen atoms in total. The third-order valence-corrected chi connectivity index (χ3v) is 9.50. The van der Waals surface area contributed by atoms with Crippen LogP contribution in [0.2, 0.25) is 25.7 Å². The van der Waals surface area contributed by atoms with Crippen LogP contribution in [0.4, 0.5) is 14.9 Å². The molecule has 0 radical (unpaired) electrons. The van der Waals surface area contributed by atoms with E-state index in [1.165, 1.54) is 30.2 Å². The number of amides is 1. The van der Waals surface area contributed by atoms with Crippen LogP contribution in [0, 0.1) is 11.7 Å². The number of fused-ring (bicyclic) bond motifs is 1. The van der Waals surface area contributed by atoms with Gasteiger partial charge in [0, 0.05) is 31.8 Å². The molecule has 1 saturated carbocycles. The van der Waals surface area contributed by atoms with Crippen molar-refractivity contribution in [1.82, 2.24) is 4.90 Å². The Labute approximate surface area is 218 Å². The van der Waals surface area contributed by atoms with Gasteiger partial charge in [-0.25, -0.2) is 14.1 Å². The Morgan fingerprint density at radius 3 is 2.56 bits per heavy atom. The highest BCUT2D eigenvalue weighted by Gasteiger charge is 2.72. The van der Waals surface area contributed by atoms with E-state index in [4.69, 9.17) is 24.9 Å². The van der Waals surface area contributed by atoms with Crippen LogP contribution >= 0.6 is 11.8 Å². The number of hydrogen-bond acceptors (Lipinski definition) is 8. The van der Waals surface area contributed by atoms with E-state index in [1.54, 1.807) is 27.7 Å². The number of ether oxygens (including phenoxy) is 3. The van der Waals surface area contributed by atoms with Gasteiger partial charge in [-0.2, -0.15) is 0 Å². The van der Waals surface area contributed by atoms with Gasteiger partial charge in [-0.1, -0.05) is 31.4 Å². The quantitative estimate of drug-likeness (QED) is 0.167. The molecule has 200 valence electrons. The predicted octanol–water partition coefficient (Wildman–Crippen LogP) is 5.21. The number of carbonyl (C=O) groups excluding carboxylic acids is 2. The molecule has 1 aliphatic carbocycles. The molecule has 0 spiro atoms. The number of amidine groups is 1. The molecule has 0 saturated heterocycles. The highest BCUT2D eigenvalue weighted by molar-refractivity contribution is 8.15. The second kappa shape index (κ2) is 9.98. The van der Waals surface area contributed by atoms with E-state index < -0.39 is 41.8 Å². The number of rotatable bonds is 7. The molecule has 36 heavy (non-hydrogen) atoms. The lowest BCUT2D eigenvalue weighted by Gasteiger charge is -2.37. The number of thioether (sulfide) groups is 1. The molecule has 1 heterocycles. The minimum Gasteiger partial charge on any atom is -0.468 e. The van der Waals surface area contributed by atoms with E-state index in [-0.39, 0.29) is 23.4 Å². The Balaban J connectivity index is 2.05. The largest absolute Gasteiger partial charge is 0.468 e. The predicted molar refractivity (Wildman–Crippen MR) is 143 cm³/mol. The first-order chi connectivity index (χ1) is 16.5. The van der Waals surface area contributed by atoms with Gasteiger partial charge in [-0.3, -0.25) is 9.79 Å². The number of halogens is 1. The second-order valence-electron chi connectivity index (χ2n) is 11.8. The summed E-state index contributed by atoms with van der Waals surface area (Å²) in [5, 5.41) is 0.223. The van der Waals surface area contributed by atoms with E-state index in [1.807, 2.05) is 0 Å². The summed E-state index contributed by atoms with van der Waals surface area (Å²) in [4.78, 5) is 32.4. The van der Waals surface area contributed by atoms with Gasteiger partial charge in [0.05, 0.1) is 12.6 Å². The fourth-order valence-electron chi connectivity index (χ4n) is 4.24. The van der Waals surface area contributed by atoms with Crippen LogP contribution in [0.3, 0.4) is 0 Å². The molecule has 0 bridgehead atoms. The van der Waals surface area contributed by atoms with Crippen LogP contribution in [-0.2, 0) is 24.5 Å². The number of esters is 1. The zero-order chi connectivity index (χ0) is 27.1. The van der Waals surface area contributed by atoms with Crippen molar-refractivity contribution >= 4 is 42.8 Å². The van der Waals surface area contributed by atoms with Gasteiger partial charge in [-0.05, 0) is 58.4 Å². The van der Waals surface area contributed by atoms with Crippen LogP contribution in [-0.4, -0.2) is 61.0 Å². The lowest BCUT2D eigenvalue weighted by atomic mass is 9.85. The fraction of sp³-hybridized carbons (Fsp3) is 0.640. The average molecular weight is 540 g/mol. The molecule has 1 aromatic rings. The van der Waals surface area contributed by atoms with Crippen LogP contribution in [0.5, 0.6) is 0 Å². The third-order valence-electron chi connectivity index (χ3n) is 6.32.